The molecular weight excluding hydrogens is 240 g/mol. The first-order chi connectivity index (χ1) is 9.22. The fraction of sp³-hybridized carbons (Fsp3) is 0.600. The molecule has 1 heterocycles. The molecule has 0 aliphatic carbocycles. The van der Waals surface area contributed by atoms with E-state index in [2.05, 4.69) is 23.7 Å². The van der Waals surface area contributed by atoms with Crippen molar-refractivity contribution in [2.24, 2.45) is 0 Å². The summed E-state index contributed by atoms with van der Waals surface area (Å²) >= 11 is 0. The predicted octanol–water partition coefficient (Wildman–Crippen LogP) is 2.64. The van der Waals surface area contributed by atoms with E-state index in [9.17, 15) is 4.79 Å². The largest absolute Gasteiger partial charge is 0.465 e. The molecule has 106 valence electrons. The number of pyridine rings is 1. The minimum Gasteiger partial charge on any atom is -0.465 e. The van der Waals surface area contributed by atoms with Crippen molar-refractivity contribution >= 4 is 5.97 Å². The zero-order valence-corrected chi connectivity index (χ0v) is 12.1. The fourth-order valence-corrected chi connectivity index (χ4v) is 2.13. The lowest BCUT2D eigenvalue weighted by atomic mass is 10.1. The number of carbonyl (C=O) groups excluding carboxylic acids is 1. The Kier molecular flexibility index (Phi) is 7.11. The second kappa shape index (κ2) is 8.64. The monoisotopic (exact) mass is 264 g/mol. The zero-order chi connectivity index (χ0) is 14.1. The number of aromatic nitrogens is 1. The average Bonchev–Trinajstić information content (AvgIpc) is 2.44. The highest BCUT2D eigenvalue weighted by atomic mass is 16.5. The van der Waals surface area contributed by atoms with E-state index in [1.54, 1.807) is 12.4 Å². The summed E-state index contributed by atoms with van der Waals surface area (Å²) in [4.78, 5) is 18.2. The Morgan fingerprint density at radius 2 is 2.00 bits per heavy atom. The van der Waals surface area contributed by atoms with Crippen molar-refractivity contribution in [1.29, 1.82) is 0 Å². The molecule has 0 aliphatic heterocycles. The Labute approximate surface area is 115 Å². The number of hydrogen-bond donors (Lipinski definition) is 0. The molecule has 0 saturated heterocycles. The number of ether oxygens (including phenoxy) is 1. The molecule has 1 rings (SSSR count). The van der Waals surface area contributed by atoms with Crippen molar-refractivity contribution in [3.63, 3.8) is 0 Å². The van der Waals surface area contributed by atoms with Crippen LogP contribution in [0.15, 0.2) is 24.5 Å². The van der Waals surface area contributed by atoms with Gasteiger partial charge in [0.15, 0.2) is 0 Å². The lowest BCUT2D eigenvalue weighted by molar-refractivity contribution is -0.150. The van der Waals surface area contributed by atoms with Gasteiger partial charge in [0.2, 0.25) is 0 Å². The van der Waals surface area contributed by atoms with Crippen LogP contribution in [-0.2, 0) is 16.1 Å². The molecule has 0 amide bonds. The van der Waals surface area contributed by atoms with Crippen LogP contribution < -0.4 is 0 Å². The van der Waals surface area contributed by atoms with E-state index in [0.717, 1.165) is 25.9 Å². The Morgan fingerprint density at radius 1 is 1.32 bits per heavy atom. The molecule has 0 spiro atoms. The molecule has 0 N–H and O–H groups in total. The molecule has 1 unspecified atom stereocenters. The van der Waals surface area contributed by atoms with E-state index < -0.39 is 0 Å². The Bertz CT molecular complexity index is 368. The van der Waals surface area contributed by atoms with Gasteiger partial charge in [-0.05, 0) is 37.6 Å². The van der Waals surface area contributed by atoms with Crippen molar-refractivity contribution in [3.8, 4) is 0 Å². The first-order valence-electron chi connectivity index (χ1n) is 7.02. The van der Waals surface area contributed by atoms with Crippen LogP contribution in [0.5, 0.6) is 0 Å². The maximum absolute atomic E-state index is 12.0. The number of esters is 1. The molecule has 1 aromatic rings. The minimum atomic E-state index is -0.150. The summed E-state index contributed by atoms with van der Waals surface area (Å²) in [7, 11) is 0. The second-order valence-electron chi connectivity index (χ2n) is 4.48. The van der Waals surface area contributed by atoms with Crippen LogP contribution in [-0.4, -0.2) is 35.0 Å². The van der Waals surface area contributed by atoms with Gasteiger partial charge >= 0.3 is 5.97 Å². The first kappa shape index (κ1) is 15.6. The Balaban J connectivity index is 2.75. The molecule has 0 aromatic carbocycles. The van der Waals surface area contributed by atoms with E-state index in [-0.39, 0.29) is 12.0 Å². The lowest BCUT2D eigenvalue weighted by Crippen LogP contribution is -2.41. The maximum Gasteiger partial charge on any atom is 0.323 e. The van der Waals surface area contributed by atoms with Crippen molar-refractivity contribution in [3.05, 3.63) is 30.1 Å². The highest BCUT2D eigenvalue weighted by Crippen LogP contribution is 2.13. The van der Waals surface area contributed by atoms with Crippen LogP contribution in [0.2, 0.25) is 0 Å². The smallest absolute Gasteiger partial charge is 0.323 e. The summed E-state index contributed by atoms with van der Waals surface area (Å²) in [6, 6.07) is 3.82. The number of carbonyl (C=O) groups is 1. The predicted molar refractivity (Wildman–Crippen MR) is 75.7 cm³/mol. The highest BCUT2D eigenvalue weighted by molar-refractivity contribution is 5.75. The molecule has 4 nitrogen and oxygen atoms in total. The molecule has 1 atom stereocenters. The summed E-state index contributed by atoms with van der Waals surface area (Å²) in [5.74, 6) is -0.111. The zero-order valence-electron chi connectivity index (χ0n) is 12.1. The summed E-state index contributed by atoms with van der Waals surface area (Å²) in [6.45, 7) is 8.02. The van der Waals surface area contributed by atoms with Crippen molar-refractivity contribution in [1.82, 2.24) is 9.88 Å². The standard InChI is InChI=1S/C15H24N2O2/c1-4-7-14(15(18)19-6-3)17(5-2)12-13-8-10-16-11-9-13/h8-11,14H,4-7,12H2,1-3H3. The van der Waals surface area contributed by atoms with Gasteiger partial charge in [0, 0.05) is 18.9 Å². The molecule has 19 heavy (non-hydrogen) atoms. The van der Waals surface area contributed by atoms with E-state index >= 15 is 0 Å². The van der Waals surface area contributed by atoms with E-state index in [0.29, 0.717) is 6.61 Å². The molecule has 0 bridgehead atoms. The van der Waals surface area contributed by atoms with Crippen LogP contribution in [0.4, 0.5) is 0 Å². The van der Waals surface area contributed by atoms with Crippen LogP contribution in [0.1, 0.15) is 39.2 Å². The maximum atomic E-state index is 12.0. The van der Waals surface area contributed by atoms with Gasteiger partial charge < -0.3 is 4.74 Å². The number of rotatable bonds is 8. The van der Waals surface area contributed by atoms with Crippen molar-refractivity contribution in [2.45, 2.75) is 46.2 Å². The van der Waals surface area contributed by atoms with Crippen LogP contribution >= 0.6 is 0 Å². The summed E-state index contributed by atoms with van der Waals surface area (Å²) < 4.78 is 5.18. The quantitative estimate of drug-likeness (QED) is 0.677. The first-order valence-corrected chi connectivity index (χ1v) is 7.02. The van der Waals surface area contributed by atoms with Gasteiger partial charge in [0.1, 0.15) is 6.04 Å². The van der Waals surface area contributed by atoms with Gasteiger partial charge in [0.05, 0.1) is 6.61 Å². The van der Waals surface area contributed by atoms with E-state index in [4.69, 9.17) is 4.74 Å². The number of nitrogens with zero attached hydrogens (tertiary/aromatic N) is 2. The van der Waals surface area contributed by atoms with E-state index in [1.807, 2.05) is 19.1 Å². The third kappa shape index (κ3) is 4.99. The van der Waals surface area contributed by atoms with Gasteiger partial charge in [-0.2, -0.15) is 0 Å². The molecule has 1 aromatic heterocycles. The summed E-state index contributed by atoms with van der Waals surface area (Å²) in [5, 5.41) is 0. The molecule has 0 fully saturated rings. The fourth-order valence-electron chi connectivity index (χ4n) is 2.13. The van der Waals surface area contributed by atoms with E-state index in [1.165, 1.54) is 5.56 Å². The molecule has 0 radical (unpaired) electrons. The van der Waals surface area contributed by atoms with Gasteiger partial charge in [-0.25, -0.2) is 0 Å². The average molecular weight is 264 g/mol. The highest BCUT2D eigenvalue weighted by Gasteiger charge is 2.25. The Morgan fingerprint density at radius 3 is 2.53 bits per heavy atom. The molecule has 0 aliphatic rings. The number of likely N-dealkylation sites (N-methyl/N-ethyl adjacent to an activating group) is 1. The van der Waals surface area contributed by atoms with Crippen LogP contribution in [0.25, 0.3) is 0 Å². The van der Waals surface area contributed by atoms with Crippen molar-refractivity contribution in [2.75, 3.05) is 13.2 Å². The Hall–Kier alpha value is -1.42. The van der Waals surface area contributed by atoms with Crippen molar-refractivity contribution < 1.29 is 9.53 Å². The summed E-state index contributed by atoms with van der Waals surface area (Å²) in [5.41, 5.74) is 1.17. The third-order valence-corrected chi connectivity index (χ3v) is 3.10. The van der Waals surface area contributed by atoms with Crippen LogP contribution in [0, 0.1) is 0 Å². The van der Waals surface area contributed by atoms with Crippen LogP contribution in [0.3, 0.4) is 0 Å². The van der Waals surface area contributed by atoms with Gasteiger partial charge in [0.25, 0.3) is 0 Å². The molecule has 0 saturated carbocycles. The third-order valence-electron chi connectivity index (χ3n) is 3.10. The topological polar surface area (TPSA) is 42.4 Å². The van der Waals surface area contributed by atoms with Gasteiger partial charge in [-0.3, -0.25) is 14.7 Å². The van der Waals surface area contributed by atoms with Gasteiger partial charge in [-0.1, -0.05) is 20.3 Å². The second-order valence-corrected chi connectivity index (χ2v) is 4.48. The number of hydrogen-bond acceptors (Lipinski definition) is 4. The SMILES string of the molecule is CCCC(C(=O)OCC)N(CC)Cc1ccncc1. The molecule has 4 heteroatoms. The summed E-state index contributed by atoms with van der Waals surface area (Å²) in [6.07, 6.45) is 5.36. The normalized spacial score (nSPS) is 12.4. The van der Waals surface area contributed by atoms with Gasteiger partial charge in [-0.15, -0.1) is 0 Å². The molecular formula is C15H24N2O2. The minimum absolute atomic E-state index is 0.111. The lowest BCUT2D eigenvalue weighted by Gasteiger charge is -2.28.